The lowest BCUT2D eigenvalue weighted by Crippen LogP contribution is -2.38. The highest BCUT2D eigenvalue weighted by molar-refractivity contribution is 6.54. The van der Waals surface area contributed by atoms with E-state index < -0.39 is 6.96 Å². The molecule has 0 unspecified atom stereocenters. The molecule has 2 aliphatic heterocycles. The average Bonchev–Trinajstić information content (AvgIpc) is 2.45. The Morgan fingerprint density at radius 2 is 1.00 bits per heavy atom. The Morgan fingerprint density at radius 3 is 1.33 bits per heavy atom. The van der Waals surface area contributed by atoms with Crippen LogP contribution < -0.4 is 0 Å². The fourth-order valence-corrected chi connectivity index (χ4v) is 1.06. The molecule has 2 rings (SSSR count). The maximum absolute atomic E-state index is 5.10. The van der Waals surface area contributed by atoms with Gasteiger partial charge in [-0.05, 0) is 0 Å². The van der Waals surface area contributed by atoms with Crippen LogP contribution in [-0.4, -0.2) is 33.4 Å². The van der Waals surface area contributed by atoms with E-state index in [2.05, 4.69) is 0 Å². The second kappa shape index (κ2) is 1.95. The predicted molar refractivity (Wildman–Crippen MR) is 29.6 cm³/mol. The summed E-state index contributed by atoms with van der Waals surface area (Å²) >= 11 is 0. The van der Waals surface area contributed by atoms with Gasteiger partial charge in [0.15, 0.2) is 0 Å². The van der Waals surface area contributed by atoms with Crippen molar-refractivity contribution in [2.75, 3.05) is 26.4 Å². The molecule has 0 aromatic carbocycles. The van der Waals surface area contributed by atoms with Crippen molar-refractivity contribution in [1.29, 1.82) is 0 Å². The molecule has 1 spiro atoms. The van der Waals surface area contributed by atoms with E-state index in [1.165, 1.54) is 0 Å². The lowest BCUT2D eigenvalue weighted by Gasteiger charge is -2.26. The van der Waals surface area contributed by atoms with Crippen molar-refractivity contribution in [2.45, 2.75) is 0 Å². The molecule has 9 heavy (non-hydrogen) atoms. The third-order valence-electron chi connectivity index (χ3n) is 1.45. The zero-order valence-electron chi connectivity index (χ0n) is 5.04. The summed E-state index contributed by atoms with van der Waals surface area (Å²) in [7, 11) is 0. The zero-order chi connectivity index (χ0) is 6.16. The first-order valence-electron chi connectivity index (χ1n) is 3.10. The molecule has 52 valence electrons. The Balaban J connectivity index is 2.04. The van der Waals surface area contributed by atoms with Gasteiger partial charge in [0.2, 0.25) is 0 Å². The topological polar surface area (TPSA) is 36.9 Å². The fourth-order valence-electron chi connectivity index (χ4n) is 1.06. The van der Waals surface area contributed by atoms with Crippen LogP contribution in [0.4, 0.5) is 0 Å². The van der Waals surface area contributed by atoms with E-state index in [0.717, 1.165) is 0 Å². The Hall–Kier alpha value is -0.0951. The fraction of sp³-hybridized carbons (Fsp3) is 1.00. The molecule has 0 aromatic heterocycles. The normalized spacial score (nSPS) is 32.0. The highest BCUT2D eigenvalue weighted by Crippen LogP contribution is 2.20. The Morgan fingerprint density at radius 1 is 0.667 bits per heavy atom. The van der Waals surface area contributed by atoms with Crippen molar-refractivity contribution in [3.8, 4) is 0 Å². The van der Waals surface area contributed by atoms with Crippen LogP contribution in [0, 0.1) is 0 Å². The average molecular weight is 131 g/mol. The predicted octanol–water partition coefficient (Wildman–Crippen LogP) is -0.484. The maximum atomic E-state index is 5.10. The van der Waals surface area contributed by atoms with Crippen LogP contribution in [0.5, 0.6) is 0 Å². The number of rotatable bonds is 0. The SMILES string of the molecule is C1CO[B-]2(O1)OCCO2. The van der Waals surface area contributed by atoms with Gasteiger partial charge in [-0.1, -0.05) is 0 Å². The van der Waals surface area contributed by atoms with Crippen LogP contribution in [0.1, 0.15) is 0 Å². The molecule has 0 N–H and O–H groups in total. The lowest BCUT2D eigenvalue weighted by molar-refractivity contribution is 0.105. The third kappa shape index (κ3) is 0.860. The zero-order valence-corrected chi connectivity index (χ0v) is 5.04. The first-order chi connectivity index (χ1) is 4.41. The number of hydrogen-bond acceptors (Lipinski definition) is 4. The summed E-state index contributed by atoms with van der Waals surface area (Å²) in [5, 5.41) is 0. The second-order valence-electron chi connectivity index (χ2n) is 2.06. The monoisotopic (exact) mass is 131 g/mol. The van der Waals surface area contributed by atoms with Crippen LogP contribution in [0.3, 0.4) is 0 Å². The van der Waals surface area contributed by atoms with Crippen molar-refractivity contribution in [3.05, 3.63) is 0 Å². The van der Waals surface area contributed by atoms with Gasteiger partial charge in [0.1, 0.15) is 0 Å². The van der Waals surface area contributed by atoms with Crippen LogP contribution in [0.25, 0.3) is 0 Å². The molecular weight excluding hydrogens is 123 g/mol. The molecule has 0 saturated carbocycles. The summed E-state index contributed by atoms with van der Waals surface area (Å²) in [6.07, 6.45) is 0. The summed E-state index contributed by atoms with van der Waals surface area (Å²) < 4.78 is 20.4. The smallest absolute Gasteiger partial charge is 0.517 e. The van der Waals surface area contributed by atoms with Gasteiger partial charge in [-0.3, -0.25) is 0 Å². The van der Waals surface area contributed by atoms with Gasteiger partial charge in [-0.15, -0.1) is 0 Å². The molecule has 5 heteroatoms. The molecule has 2 aliphatic rings. The molecule has 0 aliphatic carbocycles. The molecule has 2 saturated heterocycles. The lowest BCUT2D eigenvalue weighted by atomic mass is 10.1. The van der Waals surface area contributed by atoms with Crippen LogP contribution in [0.15, 0.2) is 0 Å². The first-order valence-corrected chi connectivity index (χ1v) is 3.10. The highest BCUT2D eigenvalue weighted by atomic mass is 16.9. The summed E-state index contributed by atoms with van der Waals surface area (Å²) in [6.45, 7) is 0.611. The maximum Gasteiger partial charge on any atom is 0.531 e. The van der Waals surface area contributed by atoms with Gasteiger partial charge >= 0.3 is 6.96 Å². The van der Waals surface area contributed by atoms with Gasteiger partial charge in [0, 0.05) is 26.4 Å². The second-order valence-corrected chi connectivity index (χ2v) is 2.06. The van der Waals surface area contributed by atoms with E-state index in [4.69, 9.17) is 18.6 Å². The van der Waals surface area contributed by atoms with Crippen LogP contribution in [-0.2, 0) is 18.6 Å². The first kappa shape index (κ1) is 5.67. The largest absolute Gasteiger partial charge is 0.531 e. The van der Waals surface area contributed by atoms with Crippen molar-refractivity contribution in [3.63, 3.8) is 0 Å². The Bertz CT molecular complexity index is 87.6. The molecule has 0 amide bonds. The van der Waals surface area contributed by atoms with E-state index >= 15 is 0 Å². The molecular formula is C4H8BO4-. The van der Waals surface area contributed by atoms with Crippen molar-refractivity contribution < 1.29 is 18.6 Å². The van der Waals surface area contributed by atoms with E-state index in [1.807, 2.05) is 0 Å². The van der Waals surface area contributed by atoms with Crippen molar-refractivity contribution in [2.24, 2.45) is 0 Å². The molecule has 2 fully saturated rings. The van der Waals surface area contributed by atoms with Crippen LogP contribution in [0.2, 0.25) is 0 Å². The highest BCUT2D eigenvalue weighted by Gasteiger charge is 2.39. The van der Waals surface area contributed by atoms with Crippen molar-refractivity contribution in [1.82, 2.24) is 0 Å². The summed E-state index contributed by atoms with van der Waals surface area (Å²) in [5.41, 5.74) is 0. The van der Waals surface area contributed by atoms with Crippen molar-refractivity contribution >= 4 is 6.96 Å². The van der Waals surface area contributed by atoms with Gasteiger partial charge in [-0.25, -0.2) is 0 Å². The standard InChI is InChI=1S/C4H8BO4/c1-2-7-5(6-1)8-3-4-9-5/h1-4H2/q-1. The van der Waals surface area contributed by atoms with E-state index in [9.17, 15) is 0 Å². The summed E-state index contributed by atoms with van der Waals surface area (Å²) in [6, 6.07) is 0. The third-order valence-corrected chi connectivity index (χ3v) is 1.45. The van der Waals surface area contributed by atoms with E-state index in [1.54, 1.807) is 0 Å². The molecule has 0 atom stereocenters. The van der Waals surface area contributed by atoms with Crippen LogP contribution >= 0.6 is 0 Å². The molecule has 0 bridgehead atoms. The van der Waals surface area contributed by atoms with Gasteiger partial charge in [0.25, 0.3) is 0 Å². The van der Waals surface area contributed by atoms with Gasteiger partial charge in [-0.2, -0.15) is 0 Å². The summed E-state index contributed by atoms with van der Waals surface area (Å²) in [5.74, 6) is 0. The Kier molecular flexibility index (Phi) is 1.23. The Labute approximate surface area is 53.1 Å². The molecule has 0 radical (unpaired) electrons. The molecule has 0 aromatic rings. The van der Waals surface area contributed by atoms with E-state index in [0.29, 0.717) is 26.4 Å². The minimum atomic E-state index is -1.72. The van der Waals surface area contributed by atoms with Gasteiger partial charge in [0.05, 0.1) is 0 Å². The minimum absolute atomic E-state index is 0.583. The summed E-state index contributed by atoms with van der Waals surface area (Å²) in [4.78, 5) is 0. The van der Waals surface area contributed by atoms with Gasteiger partial charge < -0.3 is 18.6 Å². The quantitative estimate of drug-likeness (QED) is 0.416. The molecule has 2 heterocycles. The number of hydrogen-bond donors (Lipinski definition) is 0. The van der Waals surface area contributed by atoms with E-state index in [-0.39, 0.29) is 0 Å². The molecule has 4 nitrogen and oxygen atoms in total. The minimum Gasteiger partial charge on any atom is -0.517 e.